The van der Waals surface area contributed by atoms with Crippen LogP contribution in [0.5, 0.6) is 0 Å². The van der Waals surface area contributed by atoms with Crippen LogP contribution in [0.1, 0.15) is 19.4 Å². The van der Waals surface area contributed by atoms with Gasteiger partial charge in [-0.25, -0.2) is 9.59 Å². The maximum absolute atomic E-state index is 13.0. The number of nitrogens with one attached hydrogen (secondary N) is 1. The third kappa shape index (κ3) is 4.73. The van der Waals surface area contributed by atoms with Gasteiger partial charge >= 0.3 is 17.7 Å². The Balaban J connectivity index is 2.45. The second kappa shape index (κ2) is 7.33. The van der Waals surface area contributed by atoms with Crippen LogP contribution < -0.4 is 5.32 Å². The van der Waals surface area contributed by atoms with Crippen LogP contribution in [-0.2, 0) is 24.8 Å². The molecule has 0 amide bonds. The second-order valence-electron chi connectivity index (χ2n) is 7.63. The maximum atomic E-state index is 13.0. The van der Waals surface area contributed by atoms with Gasteiger partial charge in [0.2, 0.25) is 0 Å². The molecule has 0 aliphatic carbocycles. The van der Waals surface area contributed by atoms with Gasteiger partial charge in [-0.05, 0) is 18.1 Å². The van der Waals surface area contributed by atoms with E-state index in [2.05, 4.69) is 40.9 Å². The molecule has 1 unspecified atom stereocenters. The van der Waals surface area contributed by atoms with Gasteiger partial charge in [-0.2, -0.15) is 0 Å². The Labute approximate surface area is 157 Å². The lowest BCUT2D eigenvalue weighted by atomic mass is 9.98. The number of benzene rings is 1. The molecule has 1 aromatic rings. The number of carbonyl (C=O) groups is 2. The Morgan fingerprint density at radius 1 is 1.28 bits per heavy atom. The summed E-state index contributed by atoms with van der Waals surface area (Å²) < 4.78 is 11.9. The smallest absolute Gasteiger partial charge is 0.377 e. The third-order valence-electron chi connectivity index (χ3n) is 3.64. The molecule has 7 heteroatoms. The Morgan fingerprint density at radius 3 is 2.40 bits per heavy atom. The molecule has 1 heterocycles. The first-order chi connectivity index (χ1) is 11.5. The average molecular weight is 426 g/mol. The van der Waals surface area contributed by atoms with E-state index in [0.717, 1.165) is 4.47 Å². The van der Waals surface area contributed by atoms with Gasteiger partial charge in [-0.1, -0.05) is 61.6 Å². The first-order valence-electron chi connectivity index (χ1n) is 8.19. The standard InChI is InChI=1S/C18H24BrNO4Si/c1-12(2)15-10-16(21)24-18(20-15,13-6-8-14(19)9-7-13)17(22)23-11-25(3,4)5/h6-10,12,20H,11H2,1-5H3. The van der Waals surface area contributed by atoms with E-state index < -0.39 is 25.7 Å². The number of esters is 2. The largest absolute Gasteiger partial charge is 0.465 e. The van der Waals surface area contributed by atoms with Crippen LogP contribution in [0, 0.1) is 5.92 Å². The van der Waals surface area contributed by atoms with Gasteiger partial charge in [0.05, 0.1) is 14.3 Å². The molecule has 2 rings (SSSR count). The summed E-state index contributed by atoms with van der Waals surface area (Å²) in [6.07, 6.45) is 1.73. The van der Waals surface area contributed by atoms with Gasteiger partial charge in [-0.15, -0.1) is 0 Å². The minimum atomic E-state index is -1.66. The van der Waals surface area contributed by atoms with Crippen molar-refractivity contribution in [2.75, 3.05) is 6.23 Å². The first-order valence-corrected chi connectivity index (χ1v) is 12.7. The highest BCUT2D eigenvalue weighted by molar-refractivity contribution is 9.10. The van der Waals surface area contributed by atoms with Crippen molar-refractivity contribution >= 4 is 35.9 Å². The number of hydrogen-bond donors (Lipinski definition) is 1. The van der Waals surface area contributed by atoms with E-state index in [1.54, 1.807) is 24.3 Å². The SMILES string of the molecule is CC(C)C1=CC(=O)OC(C(=O)OC[Si](C)(C)C)(c2ccc(Br)cc2)N1. The van der Waals surface area contributed by atoms with Crippen molar-refractivity contribution in [3.8, 4) is 0 Å². The zero-order valence-electron chi connectivity index (χ0n) is 15.2. The minimum absolute atomic E-state index is 0.0347. The molecule has 0 bridgehead atoms. The van der Waals surface area contributed by atoms with E-state index >= 15 is 0 Å². The summed E-state index contributed by atoms with van der Waals surface area (Å²) in [5, 5.41) is 3.11. The molecule has 1 aliphatic heterocycles. The van der Waals surface area contributed by atoms with Crippen molar-refractivity contribution in [1.29, 1.82) is 0 Å². The van der Waals surface area contributed by atoms with Crippen LogP contribution in [-0.4, -0.2) is 26.2 Å². The lowest BCUT2D eigenvalue weighted by molar-refractivity contribution is -0.186. The van der Waals surface area contributed by atoms with Crippen LogP contribution in [0.2, 0.25) is 19.6 Å². The molecule has 0 aromatic heterocycles. The normalized spacial score (nSPS) is 20.6. The van der Waals surface area contributed by atoms with E-state index in [4.69, 9.17) is 9.47 Å². The molecule has 0 saturated heterocycles. The van der Waals surface area contributed by atoms with Crippen molar-refractivity contribution in [3.63, 3.8) is 0 Å². The second-order valence-corrected chi connectivity index (χ2v) is 14.0. The van der Waals surface area contributed by atoms with Crippen molar-refractivity contribution in [3.05, 3.63) is 46.1 Å². The summed E-state index contributed by atoms with van der Waals surface area (Å²) in [6.45, 7) is 10.2. The molecule has 136 valence electrons. The number of hydrogen-bond acceptors (Lipinski definition) is 5. The summed E-state index contributed by atoms with van der Waals surface area (Å²) in [6, 6.07) is 7.07. The van der Waals surface area contributed by atoms with Gasteiger partial charge in [0.15, 0.2) is 0 Å². The first kappa shape index (κ1) is 19.7. The fraction of sp³-hybridized carbons (Fsp3) is 0.444. The summed E-state index contributed by atoms with van der Waals surface area (Å²) >= 11 is 3.38. The number of rotatable bonds is 5. The number of allylic oxidation sites excluding steroid dienone is 1. The molecule has 0 radical (unpaired) electrons. The van der Waals surface area contributed by atoms with Crippen molar-refractivity contribution < 1.29 is 19.1 Å². The summed E-state index contributed by atoms with van der Waals surface area (Å²) in [5.74, 6) is -1.13. The number of ether oxygens (including phenoxy) is 2. The average Bonchev–Trinajstić information content (AvgIpc) is 2.51. The molecule has 0 fully saturated rings. The molecule has 0 spiro atoms. The summed E-state index contributed by atoms with van der Waals surface area (Å²) in [4.78, 5) is 25.2. The van der Waals surface area contributed by atoms with Gasteiger partial charge in [0, 0.05) is 21.8 Å². The highest BCUT2D eigenvalue weighted by Gasteiger charge is 2.49. The van der Waals surface area contributed by atoms with Crippen molar-refractivity contribution in [2.45, 2.75) is 39.2 Å². The van der Waals surface area contributed by atoms with Crippen molar-refractivity contribution in [1.82, 2.24) is 5.32 Å². The van der Waals surface area contributed by atoms with E-state index in [-0.39, 0.29) is 5.92 Å². The van der Waals surface area contributed by atoms with Crippen LogP contribution in [0.3, 0.4) is 0 Å². The molecular weight excluding hydrogens is 402 g/mol. The monoisotopic (exact) mass is 425 g/mol. The van der Waals surface area contributed by atoms with Gasteiger partial charge < -0.3 is 14.8 Å². The molecular formula is C18H24BrNO4Si. The van der Waals surface area contributed by atoms with Crippen molar-refractivity contribution in [2.24, 2.45) is 5.92 Å². The molecule has 1 aliphatic rings. The Bertz CT molecular complexity index is 694. The Kier molecular flexibility index (Phi) is 5.78. The predicted octanol–water partition coefficient (Wildman–Crippen LogP) is 3.71. The number of cyclic esters (lactones) is 1. The highest BCUT2D eigenvalue weighted by Crippen LogP contribution is 2.32. The fourth-order valence-electron chi connectivity index (χ4n) is 2.29. The summed E-state index contributed by atoms with van der Waals surface area (Å²) in [7, 11) is -1.62. The molecule has 5 nitrogen and oxygen atoms in total. The molecule has 0 saturated carbocycles. The quantitative estimate of drug-likeness (QED) is 0.575. The minimum Gasteiger partial charge on any atom is -0.465 e. The Morgan fingerprint density at radius 2 is 1.88 bits per heavy atom. The zero-order valence-corrected chi connectivity index (χ0v) is 17.8. The van der Waals surface area contributed by atoms with Crippen LogP contribution in [0.15, 0.2) is 40.5 Å². The molecule has 25 heavy (non-hydrogen) atoms. The van der Waals surface area contributed by atoms with E-state index in [1.165, 1.54) is 6.08 Å². The van der Waals surface area contributed by atoms with E-state index in [1.807, 2.05) is 13.8 Å². The summed E-state index contributed by atoms with van der Waals surface area (Å²) in [5.41, 5.74) is -0.494. The lowest BCUT2D eigenvalue weighted by Crippen LogP contribution is -2.56. The van der Waals surface area contributed by atoms with Gasteiger partial charge in [0.1, 0.15) is 0 Å². The highest BCUT2D eigenvalue weighted by atomic mass is 79.9. The molecule has 1 N–H and O–H groups in total. The zero-order chi connectivity index (χ0) is 18.8. The Hall–Kier alpha value is -1.60. The van der Waals surface area contributed by atoms with E-state index in [9.17, 15) is 9.59 Å². The lowest BCUT2D eigenvalue weighted by Gasteiger charge is -2.37. The number of carbonyl (C=O) groups excluding carboxylic acids is 2. The van der Waals surface area contributed by atoms with Crippen LogP contribution >= 0.6 is 15.9 Å². The third-order valence-corrected chi connectivity index (χ3v) is 5.18. The van der Waals surface area contributed by atoms with E-state index in [0.29, 0.717) is 17.5 Å². The molecule has 1 atom stereocenters. The number of halogens is 1. The fourth-order valence-corrected chi connectivity index (χ4v) is 3.12. The van der Waals surface area contributed by atoms with Crippen LogP contribution in [0.4, 0.5) is 0 Å². The predicted molar refractivity (Wildman–Crippen MR) is 102 cm³/mol. The maximum Gasteiger partial charge on any atom is 0.377 e. The molecule has 1 aromatic carbocycles. The van der Waals surface area contributed by atoms with Crippen LogP contribution in [0.25, 0.3) is 0 Å². The van der Waals surface area contributed by atoms with Gasteiger partial charge in [-0.3, -0.25) is 0 Å². The topological polar surface area (TPSA) is 64.6 Å². The van der Waals surface area contributed by atoms with Gasteiger partial charge in [0.25, 0.3) is 0 Å².